The highest BCUT2D eigenvalue weighted by atomic mass is 19.1. The van der Waals surface area contributed by atoms with Crippen LogP contribution in [0, 0.1) is 5.82 Å². The standard InChI is InChI=1S/C13H18FNO2/c1-3-4-6-9(2)15-11-8-5-7-10(14)12(11)13(16)17/h5,7-9,15H,3-4,6H2,1-2H3,(H,16,17). The van der Waals surface area contributed by atoms with E-state index in [0.29, 0.717) is 5.69 Å². The smallest absolute Gasteiger partial charge is 0.340 e. The largest absolute Gasteiger partial charge is 0.478 e. The Bertz CT molecular complexity index is 393. The molecule has 1 rings (SSSR count). The molecule has 0 aliphatic heterocycles. The van der Waals surface area contributed by atoms with E-state index in [1.807, 2.05) is 6.92 Å². The van der Waals surface area contributed by atoms with E-state index in [4.69, 9.17) is 5.11 Å². The maximum atomic E-state index is 13.4. The molecule has 1 aromatic carbocycles. The number of benzene rings is 1. The van der Waals surface area contributed by atoms with E-state index in [9.17, 15) is 9.18 Å². The Balaban J connectivity index is 2.83. The van der Waals surface area contributed by atoms with Crippen LogP contribution in [0.15, 0.2) is 18.2 Å². The molecule has 0 spiro atoms. The van der Waals surface area contributed by atoms with Crippen molar-refractivity contribution in [3.05, 3.63) is 29.6 Å². The van der Waals surface area contributed by atoms with Gasteiger partial charge in [-0.05, 0) is 25.5 Å². The highest BCUT2D eigenvalue weighted by molar-refractivity contribution is 5.94. The highest BCUT2D eigenvalue weighted by Crippen LogP contribution is 2.20. The molecule has 0 heterocycles. The molecule has 0 radical (unpaired) electrons. The third-order valence-corrected chi connectivity index (χ3v) is 2.62. The number of hydrogen-bond donors (Lipinski definition) is 2. The summed E-state index contributed by atoms with van der Waals surface area (Å²) in [6, 6.07) is 4.40. The zero-order valence-corrected chi connectivity index (χ0v) is 10.2. The first-order valence-corrected chi connectivity index (χ1v) is 5.84. The molecule has 1 unspecified atom stereocenters. The van der Waals surface area contributed by atoms with E-state index in [-0.39, 0.29) is 11.6 Å². The Kier molecular flexibility index (Phi) is 4.94. The van der Waals surface area contributed by atoms with Crippen LogP contribution in [0.3, 0.4) is 0 Å². The summed E-state index contributed by atoms with van der Waals surface area (Å²) in [6.45, 7) is 4.06. The van der Waals surface area contributed by atoms with Crippen LogP contribution >= 0.6 is 0 Å². The summed E-state index contributed by atoms with van der Waals surface area (Å²) in [5.74, 6) is -1.95. The zero-order valence-electron chi connectivity index (χ0n) is 10.2. The van der Waals surface area contributed by atoms with Crippen LogP contribution in [0.5, 0.6) is 0 Å². The minimum absolute atomic E-state index is 0.134. The quantitative estimate of drug-likeness (QED) is 0.798. The lowest BCUT2D eigenvalue weighted by Crippen LogP contribution is -2.18. The van der Waals surface area contributed by atoms with Crippen LogP contribution in [0.4, 0.5) is 10.1 Å². The van der Waals surface area contributed by atoms with Gasteiger partial charge in [0.05, 0.1) is 5.69 Å². The van der Waals surface area contributed by atoms with Gasteiger partial charge in [-0.15, -0.1) is 0 Å². The Hall–Kier alpha value is -1.58. The summed E-state index contributed by atoms with van der Waals surface area (Å²) < 4.78 is 13.4. The lowest BCUT2D eigenvalue weighted by molar-refractivity contribution is 0.0693. The summed E-state index contributed by atoms with van der Waals surface area (Å²) in [5.41, 5.74) is 0.0666. The van der Waals surface area contributed by atoms with Crippen molar-refractivity contribution < 1.29 is 14.3 Å². The molecule has 0 aromatic heterocycles. The minimum Gasteiger partial charge on any atom is -0.478 e. The molecule has 17 heavy (non-hydrogen) atoms. The maximum Gasteiger partial charge on any atom is 0.340 e. The monoisotopic (exact) mass is 239 g/mol. The van der Waals surface area contributed by atoms with Crippen molar-refractivity contribution in [2.45, 2.75) is 39.2 Å². The zero-order chi connectivity index (χ0) is 12.8. The van der Waals surface area contributed by atoms with Crippen LogP contribution in [-0.2, 0) is 0 Å². The Morgan fingerprint density at radius 3 is 2.82 bits per heavy atom. The number of anilines is 1. The second kappa shape index (κ2) is 6.23. The molecule has 0 saturated carbocycles. The number of carboxylic acid groups (broad SMARTS) is 1. The highest BCUT2D eigenvalue weighted by Gasteiger charge is 2.16. The number of carboxylic acids is 1. The Morgan fingerprint density at radius 2 is 2.24 bits per heavy atom. The van der Waals surface area contributed by atoms with Crippen molar-refractivity contribution in [2.75, 3.05) is 5.32 Å². The SMILES string of the molecule is CCCCC(C)Nc1cccc(F)c1C(=O)O. The van der Waals surface area contributed by atoms with Gasteiger partial charge < -0.3 is 10.4 Å². The van der Waals surface area contributed by atoms with Crippen molar-refractivity contribution in [2.24, 2.45) is 0 Å². The molecule has 0 bridgehead atoms. The normalized spacial score (nSPS) is 12.2. The minimum atomic E-state index is -1.24. The third-order valence-electron chi connectivity index (χ3n) is 2.62. The molecule has 0 aliphatic carbocycles. The molecule has 0 aliphatic rings. The van der Waals surface area contributed by atoms with Crippen LogP contribution in [0.1, 0.15) is 43.5 Å². The van der Waals surface area contributed by atoms with E-state index in [1.54, 1.807) is 6.07 Å². The fourth-order valence-electron chi connectivity index (χ4n) is 1.71. The van der Waals surface area contributed by atoms with Crippen molar-refractivity contribution in [3.8, 4) is 0 Å². The second-order valence-electron chi connectivity index (χ2n) is 4.16. The number of carbonyl (C=O) groups is 1. The summed E-state index contributed by atoms with van der Waals surface area (Å²) >= 11 is 0. The van der Waals surface area contributed by atoms with E-state index in [0.717, 1.165) is 25.3 Å². The van der Waals surface area contributed by atoms with E-state index in [1.165, 1.54) is 6.07 Å². The fraction of sp³-hybridized carbons (Fsp3) is 0.462. The van der Waals surface area contributed by atoms with Gasteiger partial charge in [0.2, 0.25) is 0 Å². The number of hydrogen-bond acceptors (Lipinski definition) is 2. The topological polar surface area (TPSA) is 49.3 Å². The molecule has 94 valence electrons. The van der Waals surface area contributed by atoms with Gasteiger partial charge >= 0.3 is 5.97 Å². The lowest BCUT2D eigenvalue weighted by Gasteiger charge is -2.16. The van der Waals surface area contributed by atoms with E-state index >= 15 is 0 Å². The van der Waals surface area contributed by atoms with Crippen LogP contribution in [0.2, 0.25) is 0 Å². The third kappa shape index (κ3) is 3.73. The molecule has 2 N–H and O–H groups in total. The predicted octanol–water partition coefficient (Wildman–Crippen LogP) is 3.51. The van der Waals surface area contributed by atoms with Gasteiger partial charge in [0.15, 0.2) is 0 Å². The first-order chi connectivity index (χ1) is 8.06. The van der Waals surface area contributed by atoms with Crippen LogP contribution in [-0.4, -0.2) is 17.1 Å². The number of rotatable bonds is 6. The van der Waals surface area contributed by atoms with Crippen molar-refractivity contribution >= 4 is 11.7 Å². The van der Waals surface area contributed by atoms with Gasteiger partial charge in [0, 0.05) is 6.04 Å². The number of unbranched alkanes of at least 4 members (excludes halogenated alkanes) is 1. The van der Waals surface area contributed by atoms with Crippen LogP contribution in [0.25, 0.3) is 0 Å². The first-order valence-electron chi connectivity index (χ1n) is 5.84. The van der Waals surface area contributed by atoms with Gasteiger partial charge in [-0.3, -0.25) is 0 Å². The lowest BCUT2D eigenvalue weighted by atomic mass is 10.1. The molecule has 3 nitrogen and oxygen atoms in total. The summed E-state index contributed by atoms with van der Waals surface area (Å²) in [6.07, 6.45) is 3.08. The average Bonchev–Trinajstić information content (AvgIpc) is 2.25. The first kappa shape index (κ1) is 13.5. The molecule has 0 saturated heterocycles. The Morgan fingerprint density at radius 1 is 1.53 bits per heavy atom. The number of aromatic carboxylic acids is 1. The molecule has 1 atom stereocenters. The van der Waals surface area contributed by atoms with Gasteiger partial charge in [-0.1, -0.05) is 25.8 Å². The Labute approximate surface area is 101 Å². The van der Waals surface area contributed by atoms with Crippen molar-refractivity contribution in [1.29, 1.82) is 0 Å². The molecule has 1 aromatic rings. The second-order valence-corrected chi connectivity index (χ2v) is 4.16. The van der Waals surface area contributed by atoms with Crippen LogP contribution < -0.4 is 5.32 Å². The van der Waals surface area contributed by atoms with Gasteiger partial charge in [-0.2, -0.15) is 0 Å². The van der Waals surface area contributed by atoms with E-state index < -0.39 is 11.8 Å². The summed E-state index contributed by atoms with van der Waals surface area (Å²) in [4.78, 5) is 11.0. The van der Waals surface area contributed by atoms with Gasteiger partial charge in [0.25, 0.3) is 0 Å². The van der Waals surface area contributed by atoms with Crippen molar-refractivity contribution in [3.63, 3.8) is 0 Å². The predicted molar refractivity (Wildman–Crippen MR) is 66.0 cm³/mol. The fourth-order valence-corrected chi connectivity index (χ4v) is 1.71. The maximum absolute atomic E-state index is 13.4. The number of halogens is 1. The average molecular weight is 239 g/mol. The molecule has 0 fully saturated rings. The molecular formula is C13H18FNO2. The molecular weight excluding hydrogens is 221 g/mol. The summed E-state index contributed by atoms with van der Waals surface area (Å²) in [5, 5.41) is 12.0. The van der Waals surface area contributed by atoms with Gasteiger partial charge in [-0.25, -0.2) is 9.18 Å². The van der Waals surface area contributed by atoms with E-state index in [2.05, 4.69) is 12.2 Å². The summed E-state index contributed by atoms with van der Waals surface area (Å²) in [7, 11) is 0. The number of nitrogens with one attached hydrogen (secondary N) is 1. The molecule has 0 amide bonds. The van der Waals surface area contributed by atoms with Crippen molar-refractivity contribution in [1.82, 2.24) is 0 Å². The van der Waals surface area contributed by atoms with Gasteiger partial charge in [0.1, 0.15) is 11.4 Å². The molecule has 4 heteroatoms.